The number of nitrogens with zero attached hydrogens (tertiary/aromatic N) is 1. The fourth-order valence-corrected chi connectivity index (χ4v) is 1.98. The maximum atomic E-state index is 12.1. The van der Waals surface area contributed by atoms with Crippen LogP contribution in [-0.4, -0.2) is 25.1 Å². The molecule has 0 aliphatic heterocycles. The highest BCUT2D eigenvalue weighted by molar-refractivity contribution is 5.97. The minimum absolute atomic E-state index is 0.0856. The smallest absolute Gasteiger partial charge is 0.271 e. The van der Waals surface area contributed by atoms with E-state index in [4.69, 9.17) is 4.74 Å². The van der Waals surface area contributed by atoms with Crippen molar-refractivity contribution in [3.63, 3.8) is 0 Å². The van der Waals surface area contributed by atoms with Crippen LogP contribution < -0.4 is 15.5 Å². The quantitative estimate of drug-likeness (QED) is 0.638. The fourth-order valence-electron chi connectivity index (χ4n) is 1.98. The van der Waals surface area contributed by atoms with Gasteiger partial charge < -0.3 is 10.1 Å². The van der Waals surface area contributed by atoms with Gasteiger partial charge in [-0.15, -0.1) is 0 Å². The lowest BCUT2D eigenvalue weighted by Crippen LogP contribution is -2.27. The molecule has 2 N–H and O–H groups in total. The second-order valence-electron chi connectivity index (χ2n) is 6.76. The Morgan fingerprint density at radius 1 is 1.08 bits per heavy atom. The van der Waals surface area contributed by atoms with Gasteiger partial charge in [0.25, 0.3) is 5.91 Å². The zero-order valence-electron chi connectivity index (χ0n) is 15.4. The van der Waals surface area contributed by atoms with Crippen molar-refractivity contribution in [2.24, 2.45) is 10.5 Å². The Labute approximate surface area is 153 Å². The number of anilines is 1. The first-order valence-corrected chi connectivity index (χ1v) is 8.18. The van der Waals surface area contributed by atoms with Crippen LogP contribution in [0.3, 0.4) is 0 Å². The number of methoxy groups -OCH3 is 1. The van der Waals surface area contributed by atoms with E-state index in [1.54, 1.807) is 37.6 Å². The molecule has 136 valence electrons. The molecule has 0 unspecified atom stereocenters. The number of ether oxygens (including phenoxy) is 1. The van der Waals surface area contributed by atoms with E-state index in [-0.39, 0.29) is 11.8 Å². The summed E-state index contributed by atoms with van der Waals surface area (Å²) in [7, 11) is 1.59. The minimum atomic E-state index is -0.481. The summed E-state index contributed by atoms with van der Waals surface area (Å²) in [6.07, 6.45) is 1.54. The standard InChI is InChI=1S/C20H23N3O3/c1-20(2,3)19(25)22-16-10-8-15(9-11-16)18(24)23-21-13-14-6-5-7-17(12-14)26-4/h5-13H,1-4H3,(H,22,25)(H,23,24)/b21-13-. The fraction of sp³-hybridized carbons (Fsp3) is 0.250. The largest absolute Gasteiger partial charge is 0.497 e. The van der Waals surface area contributed by atoms with Crippen molar-refractivity contribution < 1.29 is 14.3 Å². The van der Waals surface area contributed by atoms with E-state index < -0.39 is 5.41 Å². The Morgan fingerprint density at radius 3 is 2.38 bits per heavy atom. The average Bonchev–Trinajstić information content (AvgIpc) is 2.61. The van der Waals surface area contributed by atoms with Gasteiger partial charge in [-0.3, -0.25) is 9.59 Å². The number of hydrazone groups is 1. The molecule has 0 bridgehead atoms. The van der Waals surface area contributed by atoms with Gasteiger partial charge in [-0.1, -0.05) is 32.9 Å². The summed E-state index contributed by atoms with van der Waals surface area (Å²) < 4.78 is 5.13. The topological polar surface area (TPSA) is 79.8 Å². The lowest BCUT2D eigenvalue weighted by Gasteiger charge is -2.17. The molecule has 0 aliphatic rings. The summed E-state index contributed by atoms with van der Waals surface area (Å²) in [5.74, 6) is 0.295. The zero-order valence-corrected chi connectivity index (χ0v) is 15.4. The maximum absolute atomic E-state index is 12.1. The molecule has 0 saturated carbocycles. The third-order valence-electron chi connectivity index (χ3n) is 3.56. The van der Waals surface area contributed by atoms with Crippen LogP contribution in [0.4, 0.5) is 5.69 Å². The van der Waals surface area contributed by atoms with Crippen LogP contribution in [0.2, 0.25) is 0 Å². The molecule has 0 saturated heterocycles. The molecule has 0 heterocycles. The Hall–Kier alpha value is -3.15. The van der Waals surface area contributed by atoms with Crippen molar-refractivity contribution in [3.05, 3.63) is 59.7 Å². The number of carbonyl (C=O) groups excluding carboxylic acids is 2. The number of rotatable bonds is 5. The Bertz CT molecular complexity index is 806. The molecule has 0 radical (unpaired) electrons. The van der Waals surface area contributed by atoms with Crippen LogP contribution in [0.1, 0.15) is 36.7 Å². The van der Waals surface area contributed by atoms with Crippen LogP contribution in [0.5, 0.6) is 5.75 Å². The van der Waals surface area contributed by atoms with E-state index in [2.05, 4.69) is 15.8 Å². The summed E-state index contributed by atoms with van der Waals surface area (Å²) in [4.78, 5) is 24.1. The van der Waals surface area contributed by atoms with Gasteiger partial charge in [0, 0.05) is 16.7 Å². The first-order valence-electron chi connectivity index (χ1n) is 8.18. The maximum Gasteiger partial charge on any atom is 0.271 e. The van der Waals surface area contributed by atoms with E-state index in [9.17, 15) is 9.59 Å². The molecule has 0 spiro atoms. The van der Waals surface area contributed by atoms with Gasteiger partial charge in [0.15, 0.2) is 0 Å². The van der Waals surface area contributed by atoms with E-state index in [1.807, 2.05) is 45.0 Å². The van der Waals surface area contributed by atoms with Crippen LogP contribution in [-0.2, 0) is 4.79 Å². The Kier molecular flexibility index (Phi) is 6.11. The molecule has 2 aromatic rings. The number of benzene rings is 2. The van der Waals surface area contributed by atoms with Crippen LogP contribution >= 0.6 is 0 Å². The number of amides is 2. The normalized spacial score (nSPS) is 11.2. The van der Waals surface area contributed by atoms with Crippen molar-refractivity contribution in [1.82, 2.24) is 5.43 Å². The first kappa shape index (κ1) is 19.2. The van der Waals surface area contributed by atoms with Gasteiger partial charge in [-0.2, -0.15) is 5.10 Å². The molecule has 6 heteroatoms. The summed E-state index contributed by atoms with van der Waals surface area (Å²) in [5, 5.41) is 6.76. The monoisotopic (exact) mass is 353 g/mol. The highest BCUT2D eigenvalue weighted by Crippen LogP contribution is 2.17. The van der Waals surface area contributed by atoms with Gasteiger partial charge in [0.2, 0.25) is 5.91 Å². The van der Waals surface area contributed by atoms with Gasteiger partial charge in [0.05, 0.1) is 13.3 Å². The summed E-state index contributed by atoms with van der Waals surface area (Å²) in [5.41, 5.74) is 3.89. The Morgan fingerprint density at radius 2 is 1.77 bits per heavy atom. The van der Waals surface area contributed by atoms with E-state index in [0.717, 1.165) is 5.56 Å². The number of hydrogen-bond donors (Lipinski definition) is 2. The number of nitrogens with one attached hydrogen (secondary N) is 2. The van der Waals surface area contributed by atoms with Gasteiger partial charge in [0.1, 0.15) is 5.75 Å². The molecule has 2 rings (SSSR count). The van der Waals surface area contributed by atoms with Gasteiger partial charge in [-0.05, 0) is 42.0 Å². The number of hydrogen-bond acceptors (Lipinski definition) is 4. The van der Waals surface area contributed by atoms with E-state index in [1.165, 1.54) is 0 Å². The second kappa shape index (κ2) is 8.29. The summed E-state index contributed by atoms with van der Waals surface area (Å²) in [6.45, 7) is 5.51. The highest BCUT2D eigenvalue weighted by Gasteiger charge is 2.21. The lowest BCUT2D eigenvalue weighted by molar-refractivity contribution is -0.123. The van der Waals surface area contributed by atoms with Crippen LogP contribution in [0, 0.1) is 5.41 Å². The van der Waals surface area contributed by atoms with Crippen molar-refractivity contribution in [2.45, 2.75) is 20.8 Å². The Balaban J connectivity index is 1.95. The average molecular weight is 353 g/mol. The molecule has 0 fully saturated rings. The molecule has 2 amide bonds. The summed E-state index contributed by atoms with van der Waals surface area (Å²) in [6, 6.07) is 14.0. The zero-order chi connectivity index (χ0) is 19.2. The molecule has 6 nitrogen and oxygen atoms in total. The van der Waals surface area contributed by atoms with E-state index in [0.29, 0.717) is 17.0 Å². The second-order valence-corrected chi connectivity index (χ2v) is 6.76. The van der Waals surface area contributed by atoms with Crippen molar-refractivity contribution >= 4 is 23.7 Å². The predicted octanol–water partition coefficient (Wildman–Crippen LogP) is 3.44. The van der Waals surface area contributed by atoms with Crippen LogP contribution in [0.15, 0.2) is 53.6 Å². The van der Waals surface area contributed by atoms with E-state index >= 15 is 0 Å². The van der Waals surface area contributed by atoms with Crippen molar-refractivity contribution in [3.8, 4) is 5.75 Å². The molecule has 0 aliphatic carbocycles. The molecule has 0 aromatic heterocycles. The minimum Gasteiger partial charge on any atom is -0.497 e. The van der Waals surface area contributed by atoms with Gasteiger partial charge >= 0.3 is 0 Å². The highest BCUT2D eigenvalue weighted by atomic mass is 16.5. The number of carbonyl (C=O) groups is 2. The third kappa shape index (κ3) is 5.44. The SMILES string of the molecule is COc1cccc(/C=N\NC(=O)c2ccc(NC(=O)C(C)(C)C)cc2)c1. The van der Waals surface area contributed by atoms with Crippen LogP contribution in [0.25, 0.3) is 0 Å². The van der Waals surface area contributed by atoms with Crippen molar-refractivity contribution in [1.29, 1.82) is 0 Å². The van der Waals surface area contributed by atoms with Gasteiger partial charge in [-0.25, -0.2) is 5.43 Å². The molecular weight excluding hydrogens is 330 g/mol. The molecule has 2 aromatic carbocycles. The first-order chi connectivity index (χ1) is 12.3. The molecule has 26 heavy (non-hydrogen) atoms. The lowest BCUT2D eigenvalue weighted by atomic mass is 9.95. The molecular formula is C20H23N3O3. The van der Waals surface area contributed by atoms with Crippen molar-refractivity contribution in [2.75, 3.05) is 12.4 Å². The summed E-state index contributed by atoms with van der Waals surface area (Å²) >= 11 is 0. The predicted molar refractivity (Wildman–Crippen MR) is 103 cm³/mol. The third-order valence-corrected chi connectivity index (χ3v) is 3.56. The molecule has 0 atom stereocenters.